The lowest BCUT2D eigenvalue weighted by Gasteiger charge is -2.22. The van der Waals surface area contributed by atoms with E-state index < -0.39 is 0 Å². The van der Waals surface area contributed by atoms with Gasteiger partial charge in [-0.3, -0.25) is 4.79 Å². The fraction of sp³-hybridized carbons (Fsp3) is 0.478. The van der Waals surface area contributed by atoms with Crippen LogP contribution in [0.15, 0.2) is 30.5 Å². The Labute approximate surface area is 167 Å². The summed E-state index contributed by atoms with van der Waals surface area (Å²) in [5, 5.41) is 6.50. The molecule has 0 radical (unpaired) electrons. The standard InChI is InChI=1S/C23H31N3O2/c1-15(2)19-12-22(26-21-11-16(3)5-6-17(21)4)24-14-20(19)23(27)25-13-18-7-9-28-10-8-18/h5-6,11-12,14-15,18H,7-10,13H2,1-4H3,(H,24,26)(H,25,27). The fourth-order valence-electron chi connectivity index (χ4n) is 3.50. The molecule has 0 spiro atoms. The Morgan fingerprint density at radius 1 is 1.21 bits per heavy atom. The fourth-order valence-corrected chi connectivity index (χ4v) is 3.50. The lowest BCUT2D eigenvalue weighted by atomic mass is 9.97. The zero-order valence-electron chi connectivity index (χ0n) is 17.3. The van der Waals surface area contributed by atoms with Gasteiger partial charge < -0.3 is 15.4 Å². The van der Waals surface area contributed by atoms with E-state index in [1.165, 1.54) is 5.56 Å². The molecule has 1 aliphatic rings. The molecule has 1 aromatic carbocycles. The first-order valence-electron chi connectivity index (χ1n) is 10.1. The van der Waals surface area contributed by atoms with E-state index in [0.29, 0.717) is 18.0 Å². The van der Waals surface area contributed by atoms with Crippen LogP contribution in [0, 0.1) is 19.8 Å². The first-order chi connectivity index (χ1) is 13.4. The number of ether oxygens (including phenoxy) is 1. The molecule has 150 valence electrons. The number of amides is 1. The summed E-state index contributed by atoms with van der Waals surface area (Å²) in [4.78, 5) is 17.3. The van der Waals surface area contributed by atoms with Crippen LogP contribution in [-0.2, 0) is 4.74 Å². The molecule has 1 aromatic heterocycles. The maximum atomic E-state index is 12.8. The van der Waals surface area contributed by atoms with Crippen LogP contribution in [0.4, 0.5) is 11.5 Å². The molecule has 2 N–H and O–H groups in total. The molecular weight excluding hydrogens is 350 g/mol. The van der Waals surface area contributed by atoms with Crippen LogP contribution in [0.5, 0.6) is 0 Å². The average Bonchev–Trinajstić information content (AvgIpc) is 2.69. The highest BCUT2D eigenvalue weighted by Gasteiger charge is 2.19. The minimum absolute atomic E-state index is 0.0408. The predicted molar refractivity (Wildman–Crippen MR) is 113 cm³/mol. The smallest absolute Gasteiger partial charge is 0.253 e. The van der Waals surface area contributed by atoms with Gasteiger partial charge in [0.15, 0.2) is 0 Å². The van der Waals surface area contributed by atoms with Crippen LogP contribution in [0.1, 0.15) is 59.7 Å². The topological polar surface area (TPSA) is 63.2 Å². The summed E-state index contributed by atoms with van der Waals surface area (Å²) >= 11 is 0. The van der Waals surface area contributed by atoms with Gasteiger partial charge >= 0.3 is 0 Å². The number of benzene rings is 1. The van der Waals surface area contributed by atoms with E-state index in [1.807, 2.05) is 6.07 Å². The van der Waals surface area contributed by atoms with Crippen molar-refractivity contribution in [3.63, 3.8) is 0 Å². The highest BCUT2D eigenvalue weighted by Crippen LogP contribution is 2.26. The van der Waals surface area contributed by atoms with Crippen LogP contribution >= 0.6 is 0 Å². The largest absolute Gasteiger partial charge is 0.381 e. The molecule has 0 atom stereocenters. The van der Waals surface area contributed by atoms with Gasteiger partial charge in [0.05, 0.1) is 5.56 Å². The molecule has 2 heterocycles. The van der Waals surface area contributed by atoms with Crippen LogP contribution < -0.4 is 10.6 Å². The lowest BCUT2D eigenvalue weighted by molar-refractivity contribution is 0.0642. The van der Waals surface area contributed by atoms with E-state index in [-0.39, 0.29) is 11.8 Å². The highest BCUT2D eigenvalue weighted by atomic mass is 16.5. The SMILES string of the molecule is Cc1ccc(C)c(Nc2cc(C(C)C)c(C(=O)NCC3CCOCC3)cn2)c1. The minimum Gasteiger partial charge on any atom is -0.381 e. The zero-order valence-corrected chi connectivity index (χ0v) is 17.3. The van der Waals surface area contributed by atoms with Crippen molar-refractivity contribution in [1.82, 2.24) is 10.3 Å². The summed E-state index contributed by atoms with van der Waals surface area (Å²) in [5.74, 6) is 1.45. The number of anilines is 2. The third-order valence-corrected chi connectivity index (χ3v) is 5.35. The monoisotopic (exact) mass is 381 g/mol. The summed E-state index contributed by atoms with van der Waals surface area (Å²) in [5.41, 5.74) is 5.07. The van der Waals surface area contributed by atoms with Gasteiger partial charge in [0.2, 0.25) is 0 Å². The molecule has 0 unspecified atom stereocenters. The van der Waals surface area contributed by atoms with Crippen molar-refractivity contribution in [3.05, 3.63) is 52.7 Å². The molecule has 0 saturated carbocycles. The number of nitrogens with one attached hydrogen (secondary N) is 2. The van der Waals surface area contributed by atoms with E-state index in [2.05, 4.69) is 61.5 Å². The summed E-state index contributed by atoms with van der Waals surface area (Å²) < 4.78 is 5.39. The Morgan fingerprint density at radius 2 is 1.96 bits per heavy atom. The van der Waals surface area contributed by atoms with E-state index in [0.717, 1.165) is 48.7 Å². The molecule has 0 bridgehead atoms. The zero-order chi connectivity index (χ0) is 20.1. The lowest BCUT2D eigenvalue weighted by Crippen LogP contribution is -2.32. The number of aryl methyl sites for hydroxylation is 2. The third-order valence-electron chi connectivity index (χ3n) is 5.35. The highest BCUT2D eigenvalue weighted by molar-refractivity contribution is 5.96. The number of carbonyl (C=O) groups is 1. The molecule has 0 aliphatic carbocycles. The van der Waals surface area contributed by atoms with Gasteiger partial charge in [-0.15, -0.1) is 0 Å². The second kappa shape index (κ2) is 9.20. The Bertz CT molecular complexity index is 827. The molecular formula is C23H31N3O2. The van der Waals surface area contributed by atoms with Gasteiger partial charge in [0, 0.05) is 31.6 Å². The summed E-state index contributed by atoms with van der Waals surface area (Å²) in [7, 11) is 0. The molecule has 5 heteroatoms. The maximum absolute atomic E-state index is 12.8. The quantitative estimate of drug-likeness (QED) is 0.760. The molecule has 1 aliphatic heterocycles. The summed E-state index contributed by atoms with van der Waals surface area (Å²) in [6.07, 6.45) is 3.71. The maximum Gasteiger partial charge on any atom is 0.253 e. The van der Waals surface area contributed by atoms with Gasteiger partial charge in [0.1, 0.15) is 5.82 Å². The number of aromatic nitrogens is 1. The van der Waals surface area contributed by atoms with Crippen molar-refractivity contribution in [2.75, 3.05) is 25.1 Å². The molecule has 5 nitrogen and oxygen atoms in total. The first kappa shape index (κ1) is 20.3. The number of hydrogen-bond acceptors (Lipinski definition) is 4. The van der Waals surface area contributed by atoms with Crippen molar-refractivity contribution in [2.24, 2.45) is 5.92 Å². The van der Waals surface area contributed by atoms with E-state index in [9.17, 15) is 4.79 Å². The van der Waals surface area contributed by atoms with Gasteiger partial charge in [-0.25, -0.2) is 4.98 Å². The Kier molecular flexibility index (Phi) is 6.68. The van der Waals surface area contributed by atoms with Crippen molar-refractivity contribution < 1.29 is 9.53 Å². The van der Waals surface area contributed by atoms with Crippen molar-refractivity contribution in [1.29, 1.82) is 0 Å². The molecule has 3 rings (SSSR count). The number of rotatable bonds is 6. The number of pyridine rings is 1. The Morgan fingerprint density at radius 3 is 2.68 bits per heavy atom. The van der Waals surface area contributed by atoms with Crippen LogP contribution in [0.25, 0.3) is 0 Å². The Hall–Kier alpha value is -2.40. The van der Waals surface area contributed by atoms with Gasteiger partial charge in [-0.05, 0) is 67.3 Å². The van der Waals surface area contributed by atoms with Crippen molar-refractivity contribution >= 4 is 17.4 Å². The molecule has 1 fully saturated rings. The second-order valence-corrected chi connectivity index (χ2v) is 8.02. The number of nitrogens with zero attached hydrogens (tertiary/aromatic N) is 1. The van der Waals surface area contributed by atoms with Crippen LogP contribution in [0.3, 0.4) is 0 Å². The van der Waals surface area contributed by atoms with Gasteiger partial charge in [-0.2, -0.15) is 0 Å². The van der Waals surface area contributed by atoms with Crippen LogP contribution in [-0.4, -0.2) is 30.6 Å². The molecule has 1 amide bonds. The van der Waals surface area contributed by atoms with Gasteiger partial charge in [0.25, 0.3) is 5.91 Å². The summed E-state index contributed by atoms with van der Waals surface area (Å²) in [6, 6.07) is 8.30. The number of carbonyl (C=O) groups excluding carboxylic acids is 1. The third kappa shape index (κ3) is 5.10. The molecule has 28 heavy (non-hydrogen) atoms. The normalized spacial score (nSPS) is 14.9. The van der Waals surface area contributed by atoms with Crippen molar-refractivity contribution in [2.45, 2.75) is 46.5 Å². The molecule has 2 aromatic rings. The van der Waals surface area contributed by atoms with Crippen molar-refractivity contribution in [3.8, 4) is 0 Å². The second-order valence-electron chi connectivity index (χ2n) is 8.02. The average molecular weight is 382 g/mol. The van der Waals surface area contributed by atoms with Crippen LogP contribution in [0.2, 0.25) is 0 Å². The van der Waals surface area contributed by atoms with E-state index in [4.69, 9.17) is 4.74 Å². The summed E-state index contributed by atoms with van der Waals surface area (Å²) in [6.45, 7) is 10.6. The minimum atomic E-state index is -0.0408. The van der Waals surface area contributed by atoms with Gasteiger partial charge in [-0.1, -0.05) is 26.0 Å². The van der Waals surface area contributed by atoms with E-state index in [1.54, 1.807) is 6.20 Å². The van der Waals surface area contributed by atoms with E-state index >= 15 is 0 Å². The molecule has 1 saturated heterocycles. The Balaban J connectivity index is 1.74. The number of hydrogen-bond donors (Lipinski definition) is 2. The predicted octanol–water partition coefficient (Wildman–Crippen LogP) is 4.72. The first-order valence-corrected chi connectivity index (χ1v) is 10.1.